The molecule has 1 aromatic carbocycles. The van der Waals surface area contributed by atoms with E-state index in [-0.39, 0.29) is 28.8 Å². The highest BCUT2D eigenvalue weighted by molar-refractivity contribution is 9.10. The largest absolute Gasteiger partial charge is 0.481 e. The number of nitrogens with one attached hydrogen (secondary N) is 1. The van der Waals surface area contributed by atoms with Crippen molar-refractivity contribution in [2.24, 2.45) is 0 Å². The van der Waals surface area contributed by atoms with Crippen LogP contribution in [-0.2, 0) is 14.8 Å². The van der Waals surface area contributed by atoms with Crippen molar-refractivity contribution < 1.29 is 22.7 Å². The van der Waals surface area contributed by atoms with E-state index in [2.05, 4.69) is 20.7 Å². The van der Waals surface area contributed by atoms with Gasteiger partial charge in [0.1, 0.15) is 5.82 Å². The summed E-state index contributed by atoms with van der Waals surface area (Å²) >= 11 is 3.03. The van der Waals surface area contributed by atoms with E-state index in [1.54, 1.807) is 0 Å². The monoisotopic (exact) mass is 339 g/mol. The highest BCUT2D eigenvalue weighted by atomic mass is 79.9. The third-order valence-corrected chi connectivity index (χ3v) is 4.01. The van der Waals surface area contributed by atoms with Gasteiger partial charge < -0.3 is 5.11 Å². The van der Waals surface area contributed by atoms with Gasteiger partial charge in [-0.2, -0.15) is 0 Å². The van der Waals surface area contributed by atoms with Crippen molar-refractivity contribution in [2.75, 3.05) is 10.5 Å². The zero-order valence-corrected chi connectivity index (χ0v) is 11.6. The third kappa shape index (κ3) is 5.01. The number of sulfonamides is 1. The Morgan fingerprint density at radius 1 is 1.44 bits per heavy atom. The summed E-state index contributed by atoms with van der Waals surface area (Å²) in [5.41, 5.74) is 0.215. The van der Waals surface area contributed by atoms with Crippen LogP contribution in [0.5, 0.6) is 0 Å². The fraction of sp³-hybridized carbons (Fsp3) is 0.300. The number of hydrogen-bond donors (Lipinski definition) is 2. The van der Waals surface area contributed by atoms with E-state index in [0.29, 0.717) is 0 Å². The summed E-state index contributed by atoms with van der Waals surface area (Å²) in [6, 6.07) is 3.54. The lowest BCUT2D eigenvalue weighted by molar-refractivity contribution is -0.137. The Kier molecular flexibility index (Phi) is 5.09. The highest BCUT2D eigenvalue weighted by Crippen LogP contribution is 2.24. The molecule has 0 saturated heterocycles. The molecule has 0 heterocycles. The molecule has 0 atom stereocenters. The molecule has 0 unspecified atom stereocenters. The summed E-state index contributed by atoms with van der Waals surface area (Å²) in [5.74, 6) is -1.84. The molecular formula is C10H11BrFNO4S. The molecule has 0 amide bonds. The van der Waals surface area contributed by atoms with Crippen LogP contribution in [-0.4, -0.2) is 25.2 Å². The van der Waals surface area contributed by atoms with Crippen molar-refractivity contribution in [1.82, 2.24) is 0 Å². The Hall–Kier alpha value is -1.15. The molecule has 0 bridgehead atoms. The topological polar surface area (TPSA) is 83.5 Å². The first-order chi connectivity index (χ1) is 8.30. The van der Waals surface area contributed by atoms with Crippen molar-refractivity contribution in [1.29, 1.82) is 0 Å². The van der Waals surface area contributed by atoms with Gasteiger partial charge in [-0.15, -0.1) is 0 Å². The van der Waals surface area contributed by atoms with Crippen molar-refractivity contribution in [3.05, 3.63) is 28.5 Å². The second-order valence-corrected chi connectivity index (χ2v) is 6.24. The van der Waals surface area contributed by atoms with Crippen LogP contribution in [0.3, 0.4) is 0 Å². The highest BCUT2D eigenvalue weighted by Gasteiger charge is 2.13. The maximum absolute atomic E-state index is 12.8. The molecule has 5 nitrogen and oxygen atoms in total. The SMILES string of the molecule is O=C(O)CCCS(=O)(=O)Nc1ccc(F)cc1Br. The summed E-state index contributed by atoms with van der Waals surface area (Å²) < 4.78 is 38.5. The van der Waals surface area contributed by atoms with Crippen LogP contribution in [0.25, 0.3) is 0 Å². The zero-order chi connectivity index (χ0) is 13.8. The lowest BCUT2D eigenvalue weighted by Crippen LogP contribution is -2.17. The Morgan fingerprint density at radius 2 is 2.11 bits per heavy atom. The Balaban J connectivity index is 2.67. The minimum absolute atomic E-state index is 0.0173. The number of carbonyl (C=O) groups is 1. The number of carboxylic acids is 1. The first-order valence-corrected chi connectivity index (χ1v) is 7.42. The number of carboxylic acid groups (broad SMARTS) is 1. The summed E-state index contributed by atoms with van der Waals surface area (Å²) in [6.07, 6.45) is -0.199. The second kappa shape index (κ2) is 6.14. The lowest BCUT2D eigenvalue weighted by Gasteiger charge is -2.09. The van der Waals surface area contributed by atoms with E-state index >= 15 is 0 Å². The molecule has 0 aliphatic rings. The van der Waals surface area contributed by atoms with Gasteiger partial charge in [0.25, 0.3) is 0 Å². The second-order valence-electron chi connectivity index (χ2n) is 3.54. The van der Waals surface area contributed by atoms with Gasteiger partial charge in [-0.05, 0) is 40.5 Å². The maximum atomic E-state index is 12.8. The van der Waals surface area contributed by atoms with Gasteiger partial charge in [-0.1, -0.05) is 0 Å². The Labute approximate surface area is 112 Å². The molecular weight excluding hydrogens is 329 g/mol. The van der Waals surface area contributed by atoms with E-state index in [1.165, 1.54) is 6.07 Å². The molecule has 0 aliphatic carbocycles. The van der Waals surface area contributed by atoms with E-state index in [0.717, 1.165) is 12.1 Å². The van der Waals surface area contributed by atoms with Gasteiger partial charge >= 0.3 is 5.97 Å². The average Bonchev–Trinajstić information content (AvgIpc) is 2.21. The normalized spacial score (nSPS) is 11.2. The average molecular weight is 340 g/mol. The predicted octanol–water partition coefficient (Wildman–Crippen LogP) is 2.19. The summed E-state index contributed by atoms with van der Waals surface area (Å²) in [7, 11) is -3.63. The smallest absolute Gasteiger partial charge is 0.303 e. The number of hydrogen-bond acceptors (Lipinski definition) is 3. The molecule has 0 spiro atoms. The summed E-state index contributed by atoms with van der Waals surface area (Å²) in [6.45, 7) is 0. The minimum atomic E-state index is -3.63. The standard InChI is InChI=1S/C10H11BrFNO4S/c11-8-6-7(12)3-4-9(8)13-18(16,17)5-1-2-10(14)15/h3-4,6,13H,1-2,5H2,(H,14,15). The van der Waals surface area contributed by atoms with E-state index < -0.39 is 21.8 Å². The van der Waals surface area contributed by atoms with Crippen LogP contribution in [0.2, 0.25) is 0 Å². The molecule has 8 heteroatoms. The van der Waals surface area contributed by atoms with Gasteiger partial charge in [0.2, 0.25) is 10.0 Å². The molecule has 0 aliphatic heterocycles. The predicted molar refractivity (Wildman–Crippen MR) is 68.4 cm³/mol. The van der Waals surface area contributed by atoms with Crippen LogP contribution in [0.1, 0.15) is 12.8 Å². The molecule has 18 heavy (non-hydrogen) atoms. The Bertz CT molecular complexity index is 547. The van der Waals surface area contributed by atoms with Crippen LogP contribution in [0.4, 0.5) is 10.1 Å². The van der Waals surface area contributed by atoms with Crippen molar-refractivity contribution in [2.45, 2.75) is 12.8 Å². The summed E-state index contributed by atoms with van der Waals surface area (Å²) in [5, 5.41) is 8.41. The first-order valence-electron chi connectivity index (χ1n) is 4.97. The van der Waals surface area contributed by atoms with Gasteiger partial charge in [0.05, 0.1) is 11.4 Å². The quantitative estimate of drug-likeness (QED) is 0.832. The fourth-order valence-electron chi connectivity index (χ4n) is 1.20. The first kappa shape index (κ1) is 14.9. The number of benzene rings is 1. The molecule has 1 rings (SSSR count). The van der Waals surface area contributed by atoms with Crippen LogP contribution in [0, 0.1) is 5.82 Å². The number of rotatable bonds is 6. The van der Waals surface area contributed by atoms with Crippen LogP contribution >= 0.6 is 15.9 Å². The summed E-state index contributed by atoms with van der Waals surface area (Å²) in [4.78, 5) is 10.3. The molecule has 0 saturated carbocycles. The molecule has 2 N–H and O–H groups in total. The van der Waals surface area contributed by atoms with Gasteiger partial charge in [0, 0.05) is 10.9 Å². The van der Waals surface area contributed by atoms with E-state index in [9.17, 15) is 17.6 Å². The third-order valence-electron chi connectivity index (χ3n) is 2.00. The lowest BCUT2D eigenvalue weighted by atomic mass is 10.3. The maximum Gasteiger partial charge on any atom is 0.303 e. The molecule has 1 aromatic rings. The minimum Gasteiger partial charge on any atom is -0.481 e. The van der Waals surface area contributed by atoms with Crippen LogP contribution in [0.15, 0.2) is 22.7 Å². The van der Waals surface area contributed by atoms with Crippen molar-refractivity contribution in [3.63, 3.8) is 0 Å². The van der Waals surface area contributed by atoms with E-state index in [1.807, 2.05) is 0 Å². The van der Waals surface area contributed by atoms with Crippen LogP contribution < -0.4 is 4.72 Å². The fourth-order valence-corrected chi connectivity index (χ4v) is 2.92. The van der Waals surface area contributed by atoms with Gasteiger partial charge in [0.15, 0.2) is 0 Å². The number of aliphatic carboxylic acids is 1. The van der Waals surface area contributed by atoms with Crippen molar-refractivity contribution in [3.8, 4) is 0 Å². The van der Waals surface area contributed by atoms with Gasteiger partial charge in [-0.25, -0.2) is 12.8 Å². The van der Waals surface area contributed by atoms with Gasteiger partial charge in [-0.3, -0.25) is 9.52 Å². The molecule has 0 radical (unpaired) electrons. The Morgan fingerprint density at radius 3 is 2.67 bits per heavy atom. The molecule has 100 valence electrons. The number of halogens is 2. The van der Waals surface area contributed by atoms with Crippen molar-refractivity contribution >= 4 is 37.6 Å². The molecule has 0 fully saturated rings. The number of anilines is 1. The molecule has 0 aromatic heterocycles. The zero-order valence-electron chi connectivity index (χ0n) is 9.19. The van der Waals surface area contributed by atoms with E-state index in [4.69, 9.17) is 5.11 Å².